The Morgan fingerprint density at radius 1 is 0.796 bits per heavy atom. The normalized spacial score (nSPS) is 21.4. The Kier molecular flexibility index (Phi) is 8.68. The zero-order chi connectivity index (χ0) is 36.9. The first kappa shape index (κ1) is 33.9. The van der Waals surface area contributed by atoms with E-state index in [4.69, 9.17) is 0 Å². The van der Waals surface area contributed by atoms with Crippen LogP contribution in [0, 0.1) is 11.8 Å². The van der Waals surface area contributed by atoms with Gasteiger partial charge in [0.2, 0.25) is 17.7 Å². The number of amides is 5. The second-order valence-corrected chi connectivity index (χ2v) is 14.8. The second-order valence-electron chi connectivity index (χ2n) is 14.8. The van der Waals surface area contributed by atoms with Crippen LogP contribution >= 0.6 is 0 Å². The van der Waals surface area contributed by atoms with Crippen LogP contribution in [-0.2, 0) is 14.4 Å². The van der Waals surface area contributed by atoms with E-state index in [1.165, 1.54) is 12.0 Å². The number of benzene rings is 2. The molecule has 16 heteroatoms. The molecule has 1 atom stereocenters. The van der Waals surface area contributed by atoms with E-state index in [2.05, 4.69) is 64.6 Å². The number of imide groups is 2. The first-order valence-electron chi connectivity index (χ1n) is 18.7. The van der Waals surface area contributed by atoms with Crippen molar-refractivity contribution in [3.63, 3.8) is 0 Å². The molecule has 4 aromatic rings. The Balaban J connectivity index is 0.711. The van der Waals surface area contributed by atoms with Crippen molar-refractivity contribution in [3.05, 3.63) is 66.2 Å². The highest BCUT2D eigenvalue weighted by Gasteiger charge is 2.45. The zero-order valence-electron chi connectivity index (χ0n) is 29.7. The summed E-state index contributed by atoms with van der Waals surface area (Å²) in [6, 6.07) is 12.5. The average Bonchev–Trinajstić information content (AvgIpc) is 3.75. The number of H-pyrrole nitrogens is 1. The highest BCUT2D eigenvalue weighted by atomic mass is 16.2. The summed E-state index contributed by atoms with van der Waals surface area (Å²) in [5, 5.41) is 5.57. The van der Waals surface area contributed by atoms with Gasteiger partial charge in [-0.3, -0.25) is 39.1 Å². The van der Waals surface area contributed by atoms with Gasteiger partial charge >= 0.3 is 0 Å². The van der Waals surface area contributed by atoms with Gasteiger partial charge in [0.15, 0.2) is 17.0 Å². The van der Waals surface area contributed by atoms with Gasteiger partial charge in [-0.05, 0) is 67.6 Å². The monoisotopic (exact) mass is 731 g/mol. The lowest BCUT2D eigenvalue weighted by Crippen LogP contribution is -2.56. The van der Waals surface area contributed by atoms with Crippen LogP contribution in [0.25, 0.3) is 11.2 Å². The standard InChI is InChI=1S/C38H41N11O5/c50-31-8-7-30(35(51)44-31)49-37(53)28-6-5-27(17-29(28)38(49)54)48-19-24(20-48)36(52)47-11-9-23(10-12-47)18-45-13-15-46(16-14-45)26-3-1-25(2-4-26)43-34-32-33(40-21-39-32)41-22-42-34/h1-6,17,21-24,30H,7-16,18-20H2,(H,44,50,51)(H2,39,40,41,42,43). The Labute approximate surface area is 310 Å². The molecular formula is C38H41N11O5. The fraction of sp³-hybridized carbons (Fsp3) is 0.421. The number of carbonyl (C=O) groups is 5. The van der Waals surface area contributed by atoms with Gasteiger partial charge < -0.3 is 25.0 Å². The van der Waals surface area contributed by atoms with Crippen molar-refractivity contribution in [1.82, 2.24) is 40.0 Å². The number of aromatic amines is 1. The number of fused-ring (bicyclic) bond motifs is 2. The molecule has 5 aliphatic rings. The number of piperazine rings is 1. The molecule has 0 saturated carbocycles. The third kappa shape index (κ3) is 6.29. The summed E-state index contributed by atoms with van der Waals surface area (Å²) in [5.41, 5.74) is 4.81. The number of piperidine rings is 2. The minimum atomic E-state index is -0.996. The molecule has 0 bridgehead atoms. The van der Waals surface area contributed by atoms with E-state index in [-0.39, 0.29) is 35.8 Å². The molecule has 0 radical (unpaired) electrons. The Hall–Kier alpha value is -5.90. The highest BCUT2D eigenvalue weighted by molar-refractivity contribution is 6.23. The molecule has 1 unspecified atom stereocenters. The third-order valence-electron chi connectivity index (χ3n) is 11.5. The first-order chi connectivity index (χ1) is 26.3. The van der Waals surface area contributed by atoms with Gasteiger partial charge in [0.05, 0.1) is 23.4 Å². The summed E-state index contributed by atoms with van der Waals surface area (Å²) in [4.78, 5) is 89.6. The molecule has 4 fully saturated rings. The molecule has 9 rings (SSSR count). The lowest BCUT2D eigenvalue weighted by atomic mass is 9.92. The Morgan fingerprint density at radius 3 is 2.30 bits per heavy atom. The maximum atomic E-state index is 13.4. The summed E-state index contributed by atoms with van der Waals surface area (Å²) in [5.74, 6) is -0.770. The predicted molar refractivity (Wildman–Crippen MR) is 198 cm³/mol. The smallest absolute Gasteiger partial charge is 0.262 e. The summed E-state index contributed by atoms with van der Waals surface area (Å²) in [6.07, 6.45) is 5.32. The fourth-order valence-electron chi connectivity index (χ4n) is 8.40. The van der Waals surface area contributed by atoms with Gasteiger partial charge in [-0.15, -0.1) is 0 Å². The summed E-state index contributed by atoms with van der Waals surface area (Å²) >= 11 is 0. The van der Waals surface area contributed by atoms with Gasteiger partial charge in [-0.2, -0.15) is 0 Å². The van der Waals surface area contributed by atoms with E-state index in [9.17, 15) is 24.0 Å². The highest BCUT2D eigenvalue weighted by Crippen LogP contribution is 2.34. The predicted octanol–water partition coefficient (Wildman–Crippen LogP) is 1.99. The van der Waals surface area contributed by atoms with E-state index in [1.807, 2.05) is 9.80 Å². The van der Waals surface area contributed by atoms with Gasteiger partial charge in [-0.1, -0.05) is 0 Å². The molecule has 3 N–H and O–H groups in total. The second kappa shape index (κ2) is 13.8. The molecule has 5 amide bonds. The van der Waals surface area contributed by atoms with E-state index in [0.717, 1.165) is 74.9 Å². The van der Waals surface area contributed by atoms with Crippen molar-refractivity contribution < 1.29 is 24.0 Å². The number of aromatic nitrogens is 4. The van der Waals surface area contributed by atoms with E-state index >= 15 is 0 Å². The maximum Gasteiger partial charge on any atom is 0.262 e. The third-order valence-corrected chi connectivity index (χ3v) is 11.5. The molecule has 278 valence electrons. The van der Waals surface area contributed by atoms with Crippen molar-refractivity contribution in [2.75, 3.05) is 74.0 Å². The minimum Gasteiger partial charge on any atom is -0.370 e. The topological polar surface area (TPSA) is 180 Å². The maximum absolute atomic E-state index is 13.4. The molecule has 16 nitrogen and oxygen atoms in total. The zero-order valence-corrected chi connectivity index (χ0v) is 29.7. The van der Waals surface area contributed by atoms with Crippen molar-refractivity contribution in [1.29, 1.82) is 0 Å². The van der Waals surface area contributed by atoms with E-state index in [0.29, 0.717) is 36.0 Å². The van der Waals surface area contributed by atoms with Crippen molar-refractivity contribution in [2.45, 2.75) is 31.7 Å². The molecule has 5 aliphatic heterocycles. The largest absolute Gasteiger partial charge is 0.370 e. The molecule has 0 aliphatic carbocycles. The summed E-state index contributed by atoms with van der Waals surface area (Å²) in [7, 11) is 0. The van der Waals surface area contributed by atoms with Gasteiger partial charge in [0, 0.05) is 82.4 Å². The fourth-order valence-corrected chi connectivity index (χ4v) is 8.40. The average molecular weight is 732 g/mol. The summed E-state index contributed by atoms with van der Waals surface area (Å²) < 4.78 is 0. The van der Waals surface area contributed by atoms with Crippen LogP contribution in [0.5, 0.6) is 0 Å². The number of rotatable bonds is 8. The molecule has 2 aromatic carbocycles. The summed E-state index contributed by atoms with van der Waals surface area (Å²) in [6.45, 7) is 7.65. The van der Waals surface area contributed by atoms with E-state index in [1.54, 1.807) is 24.5 Å². The van der Waals surface area contributed by atoms with Gasteiger partial charge in [0.25, 0.3) is 11.8 Å². The SMILES string of the molecule is O=C1CCC(N2C(=O)c3ccc(N4CC(C(=O)N5CCC(CN6CCN(c7ccc(Nc8ncnc9[nH]cnc89)cc7)CC6)CC5)C4)cc3C2=O)C(=O)N1. The quantitative estimate of drug-likeness (QED) is 0.225. The Bertz CT molecular complexity index is 2130. The molecule has 0 spiro atoms. The number of imidazole rings is 1. The van der Waals surface area contributed by atoms with Crippen LogP contribution in [0.4, 0.5) is 22.9 Å². The number of hydrogen-bond donors (Lipinski definition) is 3. The van der Waals surface area contributed by atoms with Crippen molar-refractivity contribution >= 4 is 63.6 Å². The van der Waals surface area contributed by atoms with Crippen LogP contribution in [0.2, 0.25) is 0 Å². The molecule has 7 heterocycles. The molecule has 2 aromatic heterocycles. The number of hydrogen-bond acceptors (Lipinski definition) is 12. The van der Waals surface area contributed by atoms with Crippen molar-refractivity contribution in [3.8, 4) is 0 Å². The number of nitrogens with one attached hydrogen (secondary N) is 3. The van der Waals surface area contributed by atoms with Crippen molar-refractivity contribution in [2.24, 2.45) is 11.8 Å². The van der Waals surface area contributed by atoms with Crippen LogP contribution in [0.3, 0.4) is 0 Å². The number of nitrogens with zero attached hydrogens (tertiary/aromatic N) is 8. The molecular weight excluding hydrogens is 690 g/mol. The van der Waals surface area contributed by atoms with Crippen LogP contribution in [-0.4, -0.2) is 129 Å². The van der Waals surface area contributed by atoms with Crippen LogP contribution < -0.4 is 20.4 Å². The molecule has 54 heavy (non-hydrogen) atoms. The van der Waals surface area contributed by atoms with Gasteiger partial charge in [-0.25, -0.2) is 15.0 Å². The number of carbonyl (C=O) groups excluding carboxylic acids is 5. The minimum absolute atomic E-state index is 0.0765. The first-order valence-corrected chi connectivity index (χ1v) is 18.7. The lowest BCUT2D eigenvalue weighted by molar-refractivity contribution is -0.138. The lowest BCUT2D eigenvalue weighted by Gasteiger charge is -2.44. The van der Waals surface area contributed by atoms with Crippen LogP contribution in [0.15, 0.2) is 55.1 Å². The van der Waals surface area contributed by atoms with Gasteiger partial charge in [0.1, 0.15) is 12.4 Å². The van der Waals surface area contributed by atoms with E-state index < -0.39 is 29.7 Å². The number of likely N-dealkylation sites (tertiary alicyclic amines) is 1. The Morgan fingerprint density at radius 2 is 1.54 bits per heavy atom. The molecule has 4 saturated heterocycles. The number of anilines is 4. The van der Waals surface area contributed by atoms with Crippen LogP contribution in [0.1, 0.15) is 46.4 Å².